The highest BCUT2D eigenvalue weighted by Crippen LogP contribution is 2.76. The van der Waals surface area contributed by atoms with Crippen molar-refractivity contribution in [3.63, 3.8) is 0 Å². The van der Waals surface area contributed by atoms with Gasteiger partial charge in [-0.15, -0.1) is 0 Å². The quantitative estimate of drug-likeness (QED) is 0.387. The molecular formula is C30H50O. The predicted molar refractivity (Wildman–Crippen MR) is 131 cm³/mol. The van der Waals surface area contributed by atoms with E-state index in [4.69, 9.17) is 0 Å². The van der Waals surface area contributed by atoms with Gasteiger partial charge in [0.25, 0.3) is 0 Å². The second kappa shape index (κ2) is 6.43. The Morgan fingerprint density at radius 3 is 2.16 bits per heavy atom. The third kappa shape index (κ3) is 2.54. The first-order valence-corrected chi connectivity index (χ1v) is 13.6. The van der Waals surface area contributed by atoms with E-state index in [2.05, 4.69) is 61.5 Å². The lowest BCUT2D eigenvalue weighted by Gasteiger charge is -2.72. The van der Waals surface area contributed by atoms with Gasteiger partial charge < -0.3 is 5.11 Å². The van der Waals surface area contributed by atoms with Gasteiger partial charge in [-0.25, -0.2) is 0 Å². The molecule has 0 amide bonds. The molecule has 5 aliphatic rings. The molecule has 176 valence electrons. The standard InChI is InChI=1S/C30H50O/c1-25(2)15-9-10-20-21-11-12-23-27(5)16-14-24(31)26(3,4)22(27)13-17-30(23,8)29(21,7)19-18-28(20,25)6/h11,20,22-24,31H,9-10,12-19H2,1-8H3/t20-,22+,23-,24+,27+,28+,29-,30-/m1/s1. The first kappa shape index (κ1) is 22.5. The first-order valence-electron chi connectivity index (χ1n) is 13.6. The van der Waals surface area contributed by atoms with Crippen molar-refractivity contribution in [2.45, 2.75) is 126 Å². The molecule has 8 atom stereocenters. The molecule has 31 heavy (non-hydrogen) atoms. The van der Waals surface area contributed by atoms with E-state index in [1.54, 1.807) is 0 Å². The topological polar surface area (TPSA) is 20.2 Å². The van der Waals surface area contributed by atoms with Crippen LogP contribution in [0.15, 0.2) is 11.6 Å². The summed E-state index contributed by atoms with van der Waals surface area (Å²) in [5.41, 5.74) is 4.00. The molecule has 1 N–H and O–H groups in total. The fraction of sp³-hybridized carbons (Fsp3) is 0.933. The minimum Gasteiger partial charge on any atom is -0.393 e. The molecule has 0 aromatic rings. The summed E-state index contributed by atoms with van der Waals surface area (Å²) in [6, 6.07) is 0. The lowest BCUT2D eigenvalue weighted by atomic mass is 9.33. The molecular weight excluding hydrogens is 376 g/mol. The van der Waals surface area contributed by atoms with Crippen molar-refractivity contribution >= 4 is 0 Å². The first-order chi connectivity index (χ1) is 14.2. The predicted octanol–water partition coefficient (Wildman–Crippen LogP) is 8.17. The van der Waals surface area contributed by atoms with E-state index in [-0.39, 0.29) is 11.5 Å². The molecule has 0 spiro atoms. The largest absolute Gasteiger partial charge is 0.393 e. The van der Waals surface area contributed by atoms with Gasteiger partial charge in [-0.05, 0) is 108 Å². The van der Waals surface area contributed by atoms with Gasteiger partial charge in [0.2, 0.25) is 0 Å². The monoisotopic (exact) mass is 426 g/mol. The average Bonchev–Trinajstić information content (AvgIpc) is 2.67. The Kier molecular flexibility index (Phi) is 4.66. The van der Waals surface area contributed by atoms with E-state index in [9.17, 15) is 5.11 Å². The van der Waals surface area contributed by atoms with Crippen LogP contribution < -0.4 is 0 Å². The van der Waals surface area contributed by atoms with Crippen LogP contribution in [0.2, 0.25) is 0 Å². The van der Waals surface area contributed by atoms with Crippen LogP contribution in [0.5, 0.6) is 0 Å². The Hall–Kier alpha value is -0.300. The average molecular weight is 427 g/mol. The zero-order valence-electron chi connectivity index (χ0n) is 21.9. The van der Waals surface area contributed by atoms with Crippen LogP contribution in [0.25, 0.3) is 0 Å². The zero-order valence-corrected chi connectivity index (χ0v) is 21.9. The number of hydrogen-bond acceptors (Lipinski definition) is 1. The highest BCUT2D eigenvalue weighted by molar-refractivity contribution is 5.34. The van der Waals surface area contributed by atoms with E-state index in [0.29, 0.717) is 33.0 Å². The molecule has 0 aliphatic heterocycles. The number of aliphatic hydroxyl groups excluding tert-OH is 1. The molecule has 0 saturated heterocycles. The molecule has 0 heterocycles. The van der Waals surface area contributed by atoms with Crippen LogP contribution in [0.3, 0.4) is 0 Å². The lowest BCUT2D eigenvalue weighted by Crippen LogP contribution is -2.65. The summed E-state index contributed by atoms with van der Waals surface area (Å²) in [5, 5.41) is 10.9. The van der Waals surface area contributed by atoms with Crippen LogP contribution in [0.4, 0.5) is 0 Å². The molecule has 0 bridgehead atoms. The lowest BCUT2D eigenvalue weighted by molar-refractivity contribution is -0.205. The fourth-order valence-corrected chi connectivity index (χ4v) is 10.8. The van der Waals surface area contributed by atoms with Crippen LogP contribution in [-0.4, -0.2) is 11.2 Å². The Morgan fingerprint density at radius 1 is 0.742 bits per heavy atom. The van der Waals surface area contributed by atoms with Crippen molar-refractivity contribution in [1.29, 1.82) is 0 Å². The van der Waals surface area contributed by atoms with Gasteiger partial charge in [-0.2, -0.15) is 0 Å². The van der Waals surface area contributed by atoms with Crippen LogP contribution >= 0.6 is 0 Å². The third-order valence-corrected chi connectivity index (χ3v) is 13.6. The van der Waals surface area contributed by atoms with Gasteiger partial charge in [0.05, 0.1) is 6.10 Å². The Bertz CT molecular complexity index is 790. The van der Waals surface area contributed by atoms with Gasteiger partial charge in [0.1, 0.15) is 0 Å². The van der Waals surface area contributed by atoms with Crippen molar-refractivity contribution < 1.29 is 5.11 Å². The highest BCUT2D eigenvalue weighted by Gasteiger charge is 2.68. The summed E-state index contributed by atoms with van der Waals surface area (Å²) in [5.74, 6) is 2.21. The Labute approximate surface area is 192 Å². The molecule has 5 rings (SSSR count). The van der Waals surface area contributed by atoms with E-state index in [1.807, 2.05) is 5.57 Å². The summed E-state index contributed by atoms with van der Waals surface area (Å²) in [4.78, 5) is 0. The summed E-state index contributed by atoms with van der Waals surface area (Å²) >= 11 is 0. The van der Waals surface area contributed by atoms with Crippen molar-refractivity contribution in [1.82, 2.24) is 0 Å². The van der Waals surface area contributed by atoms with Crippen molar-refractivity contribution in [2.75, 3.05) is 0 Å². The maximum absolute atomic E-state index is 10.9. The highest BCUT2D eigenvalue weighted by atomic mass is 16.3. The van der Waals surface area contributed by atoms with Gasteiger partial charge in [0.15, 0.2) is 0 Å². The number of fused-ring (bicyclic) bond motifs is 7. The van der Waals surface area contributed by atoms with E-state index in [0.717, 1.165) is 18.3 Å². The van der Waals surface area contributed by atoms with Gasteiger partial charge in [-0.1, -0.05) is 73.5 Å². The number of rotatable bonds is 0. The summed E-state index contributed by atoms with van der Waals surface area (Å²) in [7, 11) is 0. The molecule has 0 aromatic carbocycles. The third-order valence-electron chi connectivity index (χ3n) is 13.6. The summed E-state index contributed by atoms with van der Waals surface area (Å²) in [6.07, 6.45) is 15.9. The molecule has 1 nitrogen and oxygen atoms in total. The maximum Gasteiger partial charge on any atom is 0.0594 e. The number of allylic oxidation sites excluding steroid dienone is 2. The Balaban J connectivity index is 1.58. The molecule has 0 radical (unpaired) electrons. The zero-order chi connectivity index (χ0) is 22.7. The van der Waals surface area contributed by atoms with E-state index >= 15 is 0 Å². The van der Waals surface area contributed by atoms with Crippen LogP contribution in [0, 0.1) is 50.2 Å². The molecule has 0 aromatic heterocycles. The second-order valence-corrected chi connectivity index (χ2v) is 14.9. The Morgan fingerprint density at radius 2 is 1.45 bits per heavy atom. The molecule has 4 fully saturated rings. The minimum absolute atomic E-state index is 0.0533. The van der Waals surface area contributed by atoms with Crippen molar-refractivity contribution in [3.8, 4) is 0 Å². The van der Waals surface area contributed by atoms with E-state index < -0.39 is 0 Å². The van der Waals surface area contributed by atoms with Crippen molar-refractivity contribution in [3.05, 3.63) is 11.6 Å². The summed E-state index contributed by atoms with van der Waals surface area (Å²) < 4.78 is 0. The van der Waals surface area contributed by atoms with Crippen LogP contribution in [0.1, 0.15) is 120 Å². The van der Waals surface area contributed by atoms with Crippen LogP contribution in [-0.2, 0) is 0 Å². The SMILES string of the molecule is CC1(C)[C@@H](O)CC[C@]2(C)[C@H]3CC=C4[C@H]5CCCC(C)(C)[C@@]5(C)CC[C@@]4(C)[C@]3(C)CC[C@@H]12. The van der Waals surface area contributed by atoms with Gasteiger partial charge >= 0.3 is 0 Å². The molecule has 4 saturated carbocycles. The molecule has 5 aliphatic carbocycles. The normalized spacial score (nSPS) is 55.2. The fourth-order valence-electron chi connectivity index (χ4n) is 10.8. The molecule has 0 unspecified atom stereocenters. The maximum atomic E-state index is 10.9. The molecule has 1 heteroatoms. The minimum atomic E-state index is -0.125. The number of hydrogen-bond donors (Lipinski definition) is 1. The smallest absolute Gasteiger partial charge is 0.0594 e. The number of aliphatic hydroxyl groups is 1. The van der Waals surface area contributed by atoms with Crippen molar-refractivity contribution in [2.24, 2.45) is 50.2 Å². The second-order valence-electron chi connectivity index (χ2n) is 14.9. The van der Waals surface area contributed by atoms with Gasteiger partial charge in [0, 0.05) is 0 Å². The van der Waals surface area contributed by atoms with E-state index in [1.165, 1.54) is 57.8 Å². The van der Waals surface area contributed by atoms with Gasteiger partial charge in [-0.3, -0.25) is 0 Å². The summed E-state index contributed by atoms with van der Waals surface area (Å²) in [6.45, 7) is 20.5.